The molecule has 130 valence electrons. The van der Waals surface area contributed by atoms with Crippen LogP contribution < -0.4 is 0 Å². The van der Waals surface area contributed by atoms with E-state index in [1.165, 1.54) is 0 Å². The highest BCUT2D eigenvalue weighted by atomic mass is 16.3. The maximum atomic E-state index is 10.0. The minimum atomic E-state index is 0.230. The van der Waals surface area contributed by atoms with Gasteiger partial charge in [0.15, 0.2) is 0 Å². The Labute approximate surface area is 146 Å². The van der Waals surface area contributed by atoms with Crippen LogP contribution in [0.4, 0.5) is 0 Å². The molecule has 2 aromatic carbocycles. The average Bonchev–Trinajstić information content (AvgIpc) is 2.62. The lowest BCUT2D eigenvalue weighted by molar-refractivity contribution is 0.469. The fourth-order valence-electron chi connectivity index (χ4n) is 2.18. The summed E-state index contributed by atoms with van der Waals surface area (Å²) in [7, 11) is 0. The Kier molecular flexibility index (Phi) is 10.8. The van der Waals surface area contributed by atoms with E-state index in [1.54, 1.807) is 24.3 Å². The number of hydrogen-bond acceptors (Lipinski definition) is 2. The Balaban J connectivity index is 0.00000123. The summed E-state index contributed by atoms with van der Waals surface area (Å²) in [4.78, 5) is 0. The van der Waals surface area contributed by atoms with E-state index in [2.05, 4.69) is 13.2 Å². The maximum absolute atomic E-state index is 10.0. The summed E-state index contributed by atoms with van der Waals surface area (Å²) >= 11 is 0. The van der Waals surface area contributed by atoms with Crippen molar-refractivity contribution in [2.75, 3.05) is 0 Å². The first-order valence-electron chi connectivity index (χ1n) is 8.51. The number of rotatable bonds is 5. The molecule has 0 saturated heterocycles. The van der Waals surface area contributed by atoms with Crippen molar-refractivity contribution in [2.24, 2.45) is 0 Å². The third-order valence-electron chi connectivity index (χ3n) is 3.20. The van der Waals surface area contributed by atoms with Crippen LogP contribution in [0.3, 0.4) is 0 Å². The van der Waals surface area contributed by atoms with E-state index in [-0.39, 0.29) is 11.5 Å². The highest BCUT2D eigenvalue weighted by Crippen LogP contribution is 2.33. The van der Waals surface area contributed by atoms with Crippen molar-refractivity contribution >= 4 is 0 Å². The van der Waals surface area contributed by atoms with Crippen LogP contribution in [0, 0.1) is 0 Å². The second kappa shape index (κ2) is 12.0. The van der Waals surface area contributed by atoms with Gasteiger partial charge in [0, 0.05) is 5.56 Å². The maximum Gasteiger partial charge on any atom is 0.123 e. The van der Waals surface area contributed by atoms with Gasteiger partial charge in [0.25, 0.3) is 0 Å². The van der Waals surface area contributed by atoms with Crippen LogP contribution in [0.1, 0.15) is 38.8 Å². The van der Waals surface area contributed by atoms with Gasteiger partial charge in [0.2, 0.25) is 0 Å². The van der Waals surface area contributed by atoms with Crippen LogP contribution in [-0.4, -0.2) is 10.2 Å². The summed E-state index contributed by atoms with van der Waals surface area (Å²) < 4.78 is 0. The molecule has 0 spiro atoms. The van der Waals surface area contributed by atoms with E-state index in [4.69, 9.17) is 0 Å². The van der Waals surface area contributed by atoms with Crippen LogP contribution in [0.2, 0.25) is 0 Å². The van der Waals surface area contributed by atoms with E-state index in [9.17, 15) is 10.2 Å². The molecule has 0 aliphatic carbocycles. The molecule has 0 aromatic heterocycles. The van der Waals surface area contributed by atoms with Crippen molar-refractivity contribution in [1.29, 1.82) is 0 Å². The zero-order valence-electron chi connectivity index (χ0n) is 15.3. The average molecular weight is 326 g/mol. The highest BCUT2D eigenvalue weighted by molar-refractivity contribution is 5.72. The Hall–Kier alpha value is -2.48. The first kappa shape index (κ1) is 21.5. The van der Waals surface area contributed by atoms with Crippen LogP contribution in [0.5, 0.6) is 11.5 Å². The van der Waals surface area contributed by atoms with E-state index < -0.39 is 0 Å². The molecule has 2 heteroatoms. The quantitative estimate of drug-likeness (QED) is 0.635. The van der Waals surface area contributed by atoms with Gasteiger partial charge in [-0.2, -0.15) is 0 Å². The second-order valence-electron chi connectivity index (χ2n) is 4.68. The number of phenolic OH excluding ortho intramolecular Hbond substituents is 2. The minimum absolute atomic E-state index is 0.230. The monoisotopic (exact) mass is 326 g/mol. The lowest BCUT2D eigenvalue weighted by Crippen LogP contribution is -1.88. The van der Waals surface area contributed by atoms with Crippen molar-refractivity contribution in [1.82, 2.24) is 0 Å². The van der Waals surface area contributed by atoms with Gasteiger partial charge in [-0.25, -0.2) is 0 Å². The standard InChI is InChI=1S/C18H18O2.2C2H6/c1-3-5-13-7-9-18(20)16(11-13)14-8-10-17(19)15(12-14)6-4-2;2*1-2/h3-4,7-12,19-20H,1-2,5-6H2;2*1-2H3. The zero-order valence-corrected chi connectivity index (χ0v) is 15.3. The van der Waals surface area contributed by atoms with Gasteiger partial charge in [-0.3, -0.25) is 0 Å². The van der Waals surface area contributed by atoms with Crippen molar-refractivity contribution in [3.8, 4) is 22.6 Å². The smallest absolute Gasteiger partial charge is 0.123 e. The number of hydrogen-bond donors (Lipinski definition) is 2. The van der Waals surface area contributed by atoms with Crippen molar-refractivity contribution in [3.63, 3.8) is 0 Å². The number of phenols is 2. The Morgan fingerprint density at radius 1 is 0.792 bits per heavy atom. The van der Waals surface area contributed by atoms with E-state index in [1.807, 2.05) is 52.0 Å². The van der Waals surface area contributed by atoms with Crippen LogP contribution in [0.25, 0.3) is 11.1 Å². The lowest BCUT2D eigenvalue weighted by Gasteiger charge is -2.10. The summed E-state index contributed by atoms with van der Waals surface area (Å²) in [5.41, 5.74) is 3.52. The minimum Gasteiger partial charge on any atom is -0.508 e. The molecular formula is C22H30O2. The molecule has 2 aromatic rings. The molecule has 0 aliphatic heterocycles. The molecular weight excluding hydrogens is 296 g/mol. The SMILES string of the molecule is C=CCc1ccc(O)c(-c2ccc(O)c(CC=C)c2)c1.CC.CC. The summed E-state index contributed by atoms with van der Waals surface area (Å²) in [6.07, 6.45) is 4.92. The second-order valence-corrected chi connectivity index (χ2v) is 4.68. The Morgan fingerprint density at radius 3 is 1.96 bits per heavy atom. The third kappa shape index (κ3) is 5.96. The third-order valence-corrected chi connectivity index (χ3v) is 3.20. The molecule has 0 bridgehead atoms. The van der Waals surface area contributed by atoms with Crippen LogP contribution in [0.15, 0.2) is 61.7 Å². The van der Waals surface area contributed by atoms with Crippen LogP contribution in [-0.2, 0) is 12.8 Å². The lowest BCUT2D eigenvalue weighted by atomic mass is 9.97. The normalized spacial score (nSPS) is 9.00. The molecule has 2 nitrogen and oxygen atoms in total. The number of aromatic hydroxyl groups is 2. The molecule has 0 aliphatic rings. The molecule has 2 rings (SSSR count). The van der Waals surface area contributed by atoms with Crippen LogP contribution >= 0.6 is 0 Å². The van der Waals surface area contributed by atoms with E-state index in [0.29, 0.717) is 6.42 Å². The van der Waals surface area contributed by atoms with E-state index >= 15 is 0 Å². The van der Waals surface area contributed by atoms with Gasteiger partial charge in [-0.15, -0.1) is 13.2 Å². The zero-order chi connectivity index (χ0) is 18.5. The Morgan fingerprint density at radius 2 is 1.38 bits per heavy atom. The van der Waals surface area contributed by atoms with Gasteiger partial charge >= 0.3 is 0 Å². The first-order valence-corrected chi connectivity index (χ1v) is 8.51. The molecule has 0 radical (unpaired) electrons. The molecule has 0 fully saturated rings. The number of allylic oxidation sites excluding steroid dienone is 2. The van der Waals surface area contributed by atoms with Gasteiger partial charge in [-0.1, -0.05) is 52.0 Å². The predicted octanol–water partition coefficient (Wildman–Crippen LogP) is 6.27. The summed E-state index contributed by atoms with van der Waals surface area (Å²) in [6.45, 7) is 15.4. The summed E-state index contributed by atoms with van der Waals surface area (Å²) in [5, 5.41) is 19.8. The van der Waals surface area contributed by atoms with Gasteiger partial charge in [0.1, 0.15) is 11.5 Å². The first-order chi connectivity index (χ1) is 11.7. The molecule has 0 unspecified atom stereocenters. The topological polar surface area (TPSA) is 40.5 Å². The van der Waals surface area contributed by atoms with Crippen molar-refractivity contribution in [3.05, 3.63) is 72.8 Å². The van der Waals surface area contributed by atoms with Gasteiger partial charge in [0.05, 0.1) is 0 Å². The van der Waals surface area contributed by atoms with Crippen molar-refractivity contribution in [2.45, 2.75) is 40.5 Å². The molecule has 0 heterocycles. The molecule has 0 atom stereocenters. The highest BCUT2D eigenvalue weighted by Gasteiger charge is 2.08. The van der Waals surface area contributed by atoms with Gasteiger partial charge in [-0.05, 0) is 53.8 Å². The van der Waals surface area contributed by atoms with E-state index in [0.717, 1.165) is 28.7 Å². The molecule has 2 N–H and O–H groups in total. The predicted molar refractivity (Wildman–Crippen MR) is 106 cm³/mol. The largest absolute Gasteiger partial charge is 0.508 e. The summed E-state index contributed by atoms with van der Waals surface area (Å²) in [6, 6.07) is 10.8. The fourth-order valence-corrected chi connectivity index (χ4v) is 2.18. The fraction of sp³-hybridized carbons (Fsp3) is 0.273. The number of benzene rings is 2. The summed E-state index contributed by atoms with van der Waals surface area (Å²) in [5.74, 6) is 0.475. The molecule has 0 saturated carbocycles. The van der Waals surface area contributed by atoms with Gasteiger partial charge < -0.3 is 10.2 Å². The molecule has 24 heavy (non-hydrogen) atoms. The Bertz CT molecular complexity index is 642. The molecule has 0 amide bonds. The van der Waals surface area contributed by atoms with Crippen molar-refractivity contribution < 1.29 is 10.2 Å².